The van der Waals surface area contributed by atoms with E-state index < -0.39 is 6.10 Å². The topological polar surface area (TPSA) is 58.6 Å². The Morgan fingerprint density at radius 2 is 2.05 bits per heavy atom. The van der Waals surface area contributed by atoms with Crippen LogP contribution in [0.2, 0.25) is 0 Å². The van der Waals surface area contributed by atoms with Crippen LogP contribution in [-0.4, -0.2) is 36.0 Å². The lowest BCUT2D eigenvalue weighted by Gasteiger charge is -2.28. The summed E-state index contributed by atoms with van der Waals surface area (Å²) in [6.07, 6.45) is 3.40. The molecule has 1 saturated carbocycles. The lowest BCUT2D eigenvalue weighted by Crippen LogP contribution is -2.45. The first-order valence-electron chi connectivity index (χ1n) is 6.93. The van der Waals surface area contributed by atoms with Gasteiger partial charge in [0.2, 0.25) is 5.91 Å². The molecule has 0 heterocycles. The Kier molecular flexibility index (Phi) is 5.73. The number of aliphatic hydroxyl groups excluding tert-OH is 1. The summed E-state index contributed by atoms with van der Waals surface area (Å²) in [5.41, 5.74) is 0. The van der Waals surface area contributed by atoms with Crippen molar-refractivity contribution in [1.29, 1.82) is 0 Å². The highest BCUT2D eigenvalue weighted by molar-refractivity contribution is 8.00. The molecular weight excluding hydrogens is 274 g/mol. The zero-order chi connectivity index (χ0) is 14.4. The summed E-state index contributed by atoms with van der Waals surface area (Å²) in [5, 5.41) is 12.8. The first-order chi connectivity index (χ1) is 9.69. The van der Waals surface area contributed by atoms with Crippen LogP contribution in [0.5, 0.6) is 5.75 Å². The summed E-state index contributed by atoms with van der Waals surface area (Å²) in [6, 6.07) is 7.56. The van der Waals surface area contributed by atoms with E-state index in [0.29, 0.717) is 5.75 Å². The van der Waals surface area contributed by atoms with Crippen LogP contribution in [0.15, 0.2) is 29.2 Å². The molecule has 2 rings (SSSR count). The molecule has 1 aromatic carbocycles. The first-order valence-corrected chi connectivity index (χ1v) is 7.92. The van der Waals surface area contributed by atoms with Crippen molar-refractivity contribution in [2.75, 3.05) is 12.9 Å². The zero-order valence-electron chi connectivity index (χ0n) is 11.7. The summed E-state index contributed by atoms with van der Waals surface area (Å²) in [6.45, 7) is 0. The summed E-state index contributed by atoms with van der Waals surface area (Å²) >= 11 is 1.49. The van der Waals surface area contributed by atoms with E-state index in [0.717, 1.165) is 36.3 Å². The maximum Gasteiger partial charge on any atom is 0.230 e. The molecule has 5 heteroatoms. The molecule has 1 amide bonds. The van der Waals surface area contributed by atoms with Crippen LogP contribution in [0, 0.1) is 0 Å². The van der Waals surface area contributed by atoms with Gasteiger partial charge < -0.3 is 15.2 Å². The van der Waals surface area contributed by atoms with E-state index in [9.17, 15) is 9.90 Å². The number of hydrogen-bond acceptors (Lipinski definition) is 4. The van der Waals surface area contributed by atoms with Gasteiger partial charge in [-0.1, -0.05) is 12.8 Å². The van der Waals surface area contributed by atoms with Gasteiger partial charge in [-0.3, -0.25) is 4.79 Å². The third-order valence-electron chi connectivity index (χ3n) is 3.51. The predicted molar refractivity (Wildman–Crippen MR) is 80.1 cm³/mol. The third-order valence-corrected chi connectivity index (χ3v) is 4.52. The molecule has 2 atom stereocenters. The van der Waals surface area contributed by atoms with E-state index in [1.165, 1.54) is 11.8 Å². The van der Waals surface area contributed by atoms with Crippen molar-refractivity contribution < 1.29 is 14.6 Å². The van der Waals surface area contributed by atoms with Crippen molar-refractivity contribution in [3.8, 4) is 5.75 Å². The second-order valence-electron chi connectivity index (χ2n) is 4.99. The smallest absolute Gasteiger partial charge is 0.230 e. The van der Waals surface area contributed by atoms with Crippen molar-refractivity contribution in [2.24, 2.45) is 0 Å². The monoisotopic (exact) mass is 295 g/mol. The van der Waals surface area contributed by atoms with Gasteiger partial charge in [0.15, 0.2) is 0 Å². The van der Waals surface area contributed by atoms with E-state index in [1.54, 1.807) is 7.11 Å². The summed E-state index contributed by atoms with van der Waals surface area (Å²) in [7, 11) is 1.63. The van der Waals surface area contributed by atoms with E-state index in [2.05, 4.69) is 5.32 Å². The van der Waals surface area contributed by atoms with Crippen LogP contribution in [-0.2, 0) is 4.79 Å². The highest BCUT2D eigenvalue weighted by atomic mass is 32.2. The zero-order valence-corrected chi connectivity index (χ0v) is 12.5. The van der Waals surface area contributed by atoms with Crippen LogP contribution < -0.4 is 10.1 Å². The van der Waals surface area contributed by atoms with Gasteiger partial charge in [-0.15, -0.1) is 11.8 Å². The lowest BCUT2D eigenvalue weighted by atomic mass is 9.93. The van der Waals surface area contributed by atoms with Crippen molar-refractivity contribution in [2.45, 2.75) is 42.7 Å². The van der Waals surface area contributed by atoms with Crippen LogP contribution >= 0.6 is 11.8 Å². The molecule has 20 heavy (non-hydrogen) atoms. The fourth-order valence-electron chi connectivity index (χ4n) is 2.35. The number of aliphatic hydroxyl groups is 1. The SMILES string of the molecule is COc1ccc(SCC(=O)N[C@@H]2CCCC[C@H]2O)cc1. The van der Waals surface area contributed by atoms with Gasteiger partial charge in [0.05, 0.1) is 25.0 Å². The van der Waals surface area contributed by atoms with Gasteiger partial charge in [-0.05, 0) is 37.1 Å². The van der Waals surface area contributed by atoms with Crippen LogP contribution in [0.25, 0.3) is 0 Å². The quantitative estimate of drug-likeness (QED) is 0.818. The molecule has 0 aromatic heterocycles. The van der Waals surface area contributed by atoms with Gasteiger partial charge in [-0.2, -0.15) is 0 Å². The summed E-state index contributed by atoms with van der Waals surface area (Å²) in [5.74, 6) is 1.16. The molecule has 0 unspecified atom stereocenters. The predicted octanol–water partition coefficient (Wildman–Crippen LogP) is 2.21. The number of rotatable bonds is 5. The van der Waals surface area contributed by atoms with Gasteiger partial charge in [0, 0.05) is 4.90 Å². The van der Waals surface area contributed by atoms with Crippen molar-refractivity contribution in [3.63, 3.8) is 0 Å². The summed E-state index contributed by atoms with van der Waals surface area (Å²) in [4.78, 5) is 12.9. The molecule has 110 valence electrons. The second kappa shape index (κ2) is 7.55. The summed E-state index contributed by atoms with van der Waals surface area (Å²) < 4.78 is 5.09. The highest BCUT2D eigenvalue weighted by Crippen LogP contribution is 2.22. The fraction of sp³-hybridized carbons (Fsp3) is 0.533. The lowest BCUT2D eigenvalue weighted by molar-refractivity contribution is -0.120. The molecular formula is C15H21NO3S. The molecule has 1 aliphatic carbocycles. The Labute approximate surface area is 123 Å². The average molecular weight is 295 g/mol. The van der Waals surface area contributed by atoms with Gasteiger partial charge >= 0.3 is 0 Å². The molecule has 2 N–H and O–H groups in total. The minimum Gasteiger partial charge on any atom is -0.497 e. The minimum atomic E-state index is -0.390. The number of methoxy groups -OCH3 is 1. The van der Waals surface area contributed by atoms with Crippen molar-refractivity contribution in [1.82, 2.24) is 5.32 Å². The van der Waals surface area contributed by atoms with Crippen LogP contribution in [0.1, 0.15) is 25.7 Å². The van der Waals surface area contributed by atoms with Crippen molar-refractivity contribution >= 4 is 17.7 Å². The molecule has 0 bridgehead atoms. The number of thioether (sulfide) groups is 1. The Morgan fingerprint density at radius 1 is 1.35 bits per heavy atom. The average Bonchev–Trinajstić information content (AvgIpc) is 2.48. The second-order valence-corrected chi connectivity index (χ2v) is 6.04. The Hall–Kier alpha value is -1.20. The number of hydrogen-bond donors (Lipinski definition) is 2. The van der Waals surface area contributed by atoms with Gasteiger partial charge in [-0.25, -0.2) is 0 Å². The van der Waals surface area contributed by atoms with E-state index in [-0.39, 0.29) is 11.9 Å². The van der Waals surface area contributed by atoms with Crippen LogP contribution in [0.3, 0.4) is 0 Å². The molecule has 0 saturated heterocycles. The Bertz CT molecular complexity index is 435. The standard InChI is InChI=1S/C15H21NO3S/c1-19-11-6-8-12(9-7-11)20-10-15(18)16-13-4-2-3-5-14(13)17/h6-9,13-14,17H,2-5,10H2,1H3,(H,16,18)/t13-,14-/m1/s1. The number of nitrogens with one attached hydrogen (secondary N) is 1. The van der Waals surface area contributed by atoms with Gasteiger partial charge in [0.25, 0.3) is 0 Å². The number of carbonyl (C=O) groups excluding carboxylic acids is 1. The fourth-order valence-corrected chi connectivity index (χ4v) is 3.06. The molecule has 4 nitrogen and oxygen atoms in total. The minimum absolute atomic E-state index is 0.0169. The molecule has 0 spiro atoms. The molecule has 1 fully saturated rings. The van der Waals surface area contributed by atoms with E-state index in [4.69, 9.17) is 4.74 Å². The Morgan fingerprint density at radius 3 is 2.70 bits per heavy atom. The van der Waals surface area contributed by atoms with E-state index in [1.807, 2.05) is 24.3 Å². The van der Waals surface area contributed by atoms with Gasteiger partial charge in [0.1, 0.15) is 5.75 Å². The number of amides is 1. The maximum absolute atomic E-state index is 11.9. The molecule has 0 aliphatic heterocycles. The van der Waals surface area contributed by atoms with Crippen LogP contribution in [0.4, 0.5) is 0 Å². The van der Waals surface area contributed by atoms with E-state index >= 15 is 0 Å². The number of carbonyl (C=O) groups is 1. The molecule has 1 aliphatic rings. The number of benzene rings is 1. The van der Waals surface area contributed by atoms with Crippen molar-refractivity contribution in [3.05, 3.63) is 24.3 Å². The molecule has 0 radical (unpaired) electrons. The largest absolute Gasteiger partial charge is 0.497 e. The Balaban J connectivity index is 1.76. The third kappa shape index (κ3) is 4.42. The maximum atomic E-state index is 11.9. The first kappa shape index (κ1) is 15.2. The highest BCUT2D eigenvalue weighted by Gasteiger charge is 2.24. The molecule has 1 aromatic rings. The number of ether oxygens (including phenoxy) is 1. The normalized spacial score (nSPS) is 22.3.